The molecule has 1 aliphatic rings. The van der Waals surface area contributed by atoms with Crippen molar-refractivity contribution < 1.29 is 14.3 Å². The highest BCUT2D eigenvalue weighted by Crippen LogP contribution is 2.33. The van der Waals surface area contributed by atoms with Crippen molar-refractivity contribution in [1.29, 1.82) is 0 Å². The zero-order valence-corrected chi connectivity index (χ0v) is 15.5. The first-order valence-corrected chi connectivity index (χ1v) is 8.64. The average molecular weight is 403 g/mol. The second-order valence-corrected chi connectivity index (χ2v) is 6.62. The van der Waals surface area contributed by atoms with Crippen molar-refractivity contribution in [1.82, 2.24) is 9.97 Å². The number of ether oxygens (including phenoxy) is 1. The lowest BCUT2D eigenvalue weighted by atomic mass is 9.92. The van der Waals surface area contributed by atoms with Crippen molar-refractivity contribution in [2.24, 2.45) is 4.99 Å². The quantitative estimate of drug-likeness (QED) is 0.674. The predicted octanol–water partition coefficient (Wildman–Crippen LogP) is 4.08. The van der Waals surface area contributed by atoms with E-state index in [2.05, 4.69) is 25.0 Å². The summed E-state index contributed by atoms with van der Waals surface area (Å²) < 4.78 is 4.55. The van der Waals surface area contributed by atoms with Gasteiger partial charge in [-0.25, -0.2) is 9.78 Å². The highest BCUT2D eigenvalue weighted by Gasteiger charge is 2.27. The first kappa shape index (κ1) is 17.5. The van der Waals surface area contributed by atoms with Gasteiger partial charge >= 0.3 is 6.09 Å². The maximum absolute atomic E-state index is 12.3. The number of methoxy groups -OCH3 is 1. The van der Waals surface area contributed by atoms with Gasteiger partial charge in [0.25, 0.3) is 0 Å². The minimum Gasteiger partial charge on any atom is -0.453 e. The molecule has 9 heteroatoms. The van der Waals surface area contributed by atoms with Crippen LogP contribution in [0.25, 0.3) is 11.0 Å². The molecule has 136 valence electrons. The summed E-state index contributed by atoms with van der Waals surface area (Å²) in [5.74, 6) is 0.0877. The van der Waals surface area contributed by atoms with Crippen LogP contribution >= 0.6 is 23.2 Å². The van der Waals surface area contributed by atoms with Crippen LogP contribution in [0.2, 0.25) is 10.0 Å². The number of carbonyl (C=O) groups is 2. The molecule has 2 N–H and O–H groups in total. The lowest BCUT2D eigenvalue weighted by Gasteiger charge is -2.19. The van der Waals surface area contributed by atoms with E-state index in [0.717, 1.165) is 5.56 Å². The van der Waals surface area contributed by atoms with Crippen LogP contribution in [0.3, 0.4) is 0 Å². The van der Waals surface area contributed by atoms with Crippen molar-refractivity contribution in [3.63, 3.8) is 0 Å². The highest BCUT2D eigenvalue weighted by atomic mass is 35.5. The van der Waals surface area contributed by atoms with Crippen molar-refractivity contribution in [2.45, 2.75) is 0 Å². The summed E-state index contributed by atoms with van der Waals surface area (Å²) in [5.41, 5.74) is 3.55. The number of amides is 1. The Labute approximate surface area is 163 Å². The lowest BCUT2D eigenvalue weighted by molar-refractivity contribution is 0.100. The predicted molar refractivity (Wildman–Crippen MR) is 103 cm³/mol. The molecular formula is C18H12Cl2N4O3. The molecular weight excluding hydrogens is 391 g/mol. The van der Waals surface area contributed by atoms with Gasteiger partial charge in [-0.05, 0) is 24.3 Å². The number of anilines is 1. The smallest absolute Gasteiger partial charge is 0.413 e. The third-order valence-electron chi connectivity index (χ3n) is 4.16. The SMILES string of the molecule is COC(=O)Nc1nc2ccc(C3=NCC(=O)c4c(Cl)ccc(Cl)c43)cc2[nH]1. The van der Waals surface area contributed by atoms with E-state index in [0.29, 0.717) is 37.9 Å². The number of nitrogens with zero attached hydrogens (tertiary/aromatic N) is 2. The largest absolute Gasteiger partial charge is 0.453 e. The first-order chi connectivity index (χ1) is 13.0. The van der Waals surface area contributed by atoms with E-state index in [4.69, 9.17) is 23.2 Å². The number of ketones is 1. The van der Waals surface area contributed by atoms with Gasteiger partial charge in [0.05, 0.1) is 33.9 Å². The van der Waals surface area contributed by atoms with Crippen LogP contribution in [-0.4, -0.2) is 41.2 Å². The normalized spacial score (nSPS) is 13.3. The molecule has 3 aromatic rings. The molecule has 7 nitrogen and oxygen atoms in total. The van der Waals surface area contributed by atoms with Gasteiger partial charge in [0.2, 0.25) is 5.95 Å². The van der Waals surface area contributed by atoms with E-state index in [1.54, 1.807) is 18.2 Å². The van der Waals surface area contributed by atoms with Crippen LogP contribution < -0.4 is 5.32 Å². The van der Waals surface area contributed by atoms with Crippen LogP contribution in [0.1, 0.15) is 21.5 Å². The third-order valence-corrected chi connectivity index (χ3v) is 4.79. The highest BCUT2D eigenvalue weighted by molar-refractivity contribution is 6.41. The lowest BCUT2D eigenvalue weighted by Crippen LogP contribution is -2.21. The summed E-state index contributed by atoms with van der Waals surface area (Å²) in [6.07, 6.45) is -0.625. The third kappa shape index (κ3) is 3.05. The summed E-state index contributed by atoms with van der Waals surface area (Å²) >= 11 is 12.6. The second-order valence-electron chi connectivity index (χ2n) is 5.80. The molecule has 0 bridgehead atoms. The Hall–Kier alpha value is -2.90. The van der Waals surface area contributed by atoms with E-state index < -0.39 is 6.09 Å². The summed E-state index contributed by atoms with van der Waals surface area (Å²) in [6.45, 7) is -0.00143. The van der Waals surface area contributed by atoms with E-state index in [1.807, 2.05) is 12.1 Å². The molecule has 1 aromatic heterocycles. The fraction of sp³-hybridized carbons (Fsp3) is 0.111. The molecule has 1 amide bonds. The van der Waals surface area contributed by atoms with Crippen LogP contribution in [-0.2, 0) is 4.74 Å². The van der Waals surface area contributed by atoms with Gasteiger partial charge in [0, 0.05) is 16.7 Å². The minimum atomic E-state index is -0.625. The molecule has 4 rings (SSSR count). The maximum Gasteiger partial charge on any atom is 0.413 e. The number of nitrogens with one attached hydrogen (secondary N) is 2. The molecule has 0 fully saturated rings. The Kier molecular flexibility index (Phi) is 4.33. The van der Waals surface area contributed by atoms with Gasteiger partial charge in [-0.2, -0.15) is 0 Å². The molecule has 0 radical (unpaired) electrons. The summed E-state index contributed by atoms with van der Waals surface area (Å²) in [7, 11) is 1.27. The molecule has 0 unspecified atom stereocenters. The minimum absolute atomic E-state index is 0.00143. The maximum atomic E-state index is 12.3. The van der Waals surface area contributed by atoms with Gasteiger partial charge in [-0.15, -0.1) is 0 Å². The molecule has 0 saturated heterocycles. The summed E-state index contributed by atoms with van der Waals surface area (Å²) in [6, 6.07) is 8.66. The van der Waals surface area contributed by atoms with Crippen LogP contribution in [0.15, 0.2) is 35.3 Å². The Bertz CT molecular complexity index is 1140. The van der Waals surface area contributed by atoms with E-state index in [1.165, 1.54) is 7.11 Å². The molecule has 1 aliphatic heterocycles. The van der Waals surface area contributed by atoms with Crippen molar-refractivity contribution in [3.05, 3.63) is 57.1 Å². The van der Waals surface area contributed by atoms with Gasteiger partial charge in [-0.3, -0.25) is 15.1 Å². The number of benzene rings is 2. The number of Topliss-reactive ketones (excluding diaryl/α,β-unsaturated/α-hetero) is 1. The van der Waals surface area contributed by atoms with Gasteiger partial charge < -0.3 is 9.72 Å². The number of hydrogen-bond donors (Lipinski definition) is 2. The molecule has 0 saturated carbocycles. The Morgan fingerprint density at radius 2 is 1.93 bits per heavy atom. The van der Waals surface area contributed by atoms with Gasteiger partial charge in [0.15, 0.2) is 5.78 Å². The average Bonchev–Trinajstić information content (AvgIpc) is 3.06. The zero-order chi connectivity index (χ0) is 19.1. The fourth-order valence-electron chi connectivity index (χ4n) is 2.96. The summed E-state index contributed by atoms with van der Waals surface area (Å²) in [5, 5.41) is 3.22. The number of aromatic amines is 1. The van der Waals surface area contributed by atoms with Crippen molar-refractivity contribution >= 4 is 57.8 Å². The van der Waals surface area contributed by atoms with Gasteiger partial charge in [-0.1, -0.05) is 29.3 Å². The first-order valence-electron chi connectivity index (χ1n) is 7.89. The Balaban J connectivity index is 1.80. The molecule has 27 heavy (non-hydrogen) atoms. The van der Waals surface area contributed by atoms with Crippen LogP contribution in [0.5, 0.6) is 0 Å². The van der Waals surface area contributed by atoms with E-state index in [9.17, 15) is 9.59 Å². The monoisotopic (exact) mass is 402 g/mol. The number of rotatable bonds is 2. The van der Waals surface area contributed by atoms with E-state index >= 15 is 0 Å². The number of fused-ring (bicyclic) bond motifs is 2. The number of hydrogen-bond acceptors (Lipinski definition) is 5. The van der Waals surface area contributed by atoms with Crippen molar-refractivity contribution in [2.75, 3.05) is 19.0 Å². The number of imidazole rings is 1. The Morgan fingerprint density at radius 3 is 2.67 bits per heavy atom. The molecule has 0 spiro atoms. The molecule has 2 heterocycles. The van der Waals surface area contributed by atoms with Crippen LogP contribution in [0, 0.1) is 0 Å². The number of H-pyrrole nitrogens is 1. The molecule has 0 aliphatic carbocycles. The van der Waals surface area contributed by atoms with Crippen LogP contribution in [0.4, 0.5) is 10.7 Å². The number of carbonyl (C=O) groups excluding carboxylic acids is 2. The fourth-order valence-corrected chi connectivity index (χ4v) is 3.47. The standard InChI is InChI=1S/C18H12Cl2N4O3/c1-27-18(26)24-17-22-11-5-2-8(6-12(11)23-17)16-15-10(20)4-3-9(19)14(15)13(25)7-21-16/h2-6H,7H2,1H3,(H2,22,23,24,26). The number of aromatic nitrogens is 2. The number of halogens is 2. The molecule has 2 aromatic carbocycles. The summed E-state index contributed by atoms with van der Waals surface area (Å²) in [4.78, 5) is 35.3. The zero-order valence-electron chi connectivity index (χ0n) is 14.0. The number of aliphatic imine (C=N–C) groups is 1. The molecule has 0 atom stereocenters. The van der Waals surface area contributed by atoms with E-state index in [-0.39, 0.29) is 18.3 Å². The Morgan fingerprint density at radius 1 is 1.19 bits per heavy atom. The topological polar surface area (TPSA) is 96.4 Å². The van der Waals surface area contributed by atoms with Crippen molar-refractivity contribution in [3.8, 4) is 0 Å². The van der Waals surface area contributed by atoms with Gasteiger partial charge in [0.1, 0.15) is 6.54 Å². The second kappa shape index (κ2) is 6.68.